The molecule has 2 unspecified atom stereocenters. The molecule has 0 aromatic heterocycles. The van der Waals surface area contributed by atoms with Gasteiger partial charge in [-0.05, 0) is 48.4 Å². The van der Waals surface area contributed by atoms with Crippen molar-refractivity contribution in [1.29, 1.82) is 0 Å². The highest BCUT2D eigenvalue weighted by Gasteiger charge is 2.40. The van der Waals surface area contributed by atoms with Gasteiger partial charge >= 0.3 is 5.97 Å². The molecule has 0 bridgehead atoms. The molecule has 2 atom stereocenters. The second-order valence-electron chi connectivity index (χ2n) is 6.18. The average molecular weight is 360 g/mol. The molecule has 1 aliphatic rings. The predicted octanol–water partition coefficient (Wildman–Crippen LogP) is 3.44. The maximum absolute atomic E-state index is 13.0. The van der Waals surface area contributed by atoms with E-state index in [-0.39, 0.29) is 30.9 Å². The summed E-state index contributed by atoms with van der Waals surface area (Å²) >= 11 is 5.89. The van der Waals surface area contributed by atoms with Crippen molar-refractivity contribution in [3.05, 3.63) is 64.2 Å². The molecule has 6 heteroatoms. The minimum absolute atomic E-state index is 0.0759. The minimum Gasteiger partial charge on any atom is -0.481 e. The first-order valence-electron chi connectivity index (χ1n) is 7.97. The van der Waals surface area contributed by atoms with Crippen LogP contribution in [0, 0.1) is 0 Å². The van der Waals surface area contributed by atoms with Crippen LogP contribution in [0.25, 0.3) is 0 Å². The Balaban J connectivity index is 2.04. The normalized spacial score (nSPS) is 18.9. The summed E-state index contributed by atoms with van der Waals surface area (Å²) in [6.07, 6.45) is -0.0759. The fraction of sp³-hybridized carbons (Fsp3) is 0.263. The minimum atomic E-state index is -0.919. The Hall–Kier alpha value is -2.37. The fourth-order valence-corrected chi connectivity index (χ4v) is 3.50. The van der Waals surface area contributed by atoms with Crippen molar-refractivity contribution in [1.82, 2.24) is 0 Å². The zero-order valence-corrected chi connectivity index (χ0v) is 14.4. The van der Waals surface area contributed by atoms with Gasteiger partial charge in [0.1, 0.15) is 0 Å². The Morgan fingerprint density at radius 1 is 1.16 bits per heavy atom. The number of anilines is 1. The highest BCUT2D eigenvalue weighted by Crippen LogP contribution is 2.44. The molecular weight excluding hydrogens is 342 g/mol. The lowest BCUT2D eigenvalue weighted by atomic mass is 9.91. The molecule has 0 radical (unpaired) electrons. The molecule has 5 nitrogen and oxygen atoms in total. The number of aliphatic hydroxyl groups is 1. The number of carboxylic acid groups (broad SMARTS) is 1. The van der Waals surface area contributed by atoms with Crippen LogP contribution in [0.3, 0.4) is 0 Å². The standard InChI is InChI=1S/C19H18ClNO4/c1-11-15(9-18(23)24)16-8-12(10-22)2-7-17(16)21(11)19(25)13-3-5-14(20)6-4-13/h2-8,11,15,22H,9-10H2,1H3,(H,23,24). The van der Waals surface area contributed by atoms with Crippen molar-refractivity contribution in [3.8, 4) is 0 Å². The summed E-state index contributed by atoms with van der Waals surface area (Å²) in [5.74, 6) is -1.44. The van der Waals surface area contributed by atoms with Crippen molar-refractivity contribution in [2.45, 2.75) is 31.9 Å². The summed E-state index contributed by atoms with van der Waals surface area (Å²) in [7, 11) is 0. The largest absolute Gasteiger partial charge is 0.481 e. The van der Waals surface area contributed by atoms with Crippen molar-refractivity contribution >= 4 is 29.2 Å². The maximum atomic E-state index is 13.0. The van der Waals surface area contributed by atoms with Crippen LogP contribution in [0.5, 0.6) is 0 Å². The summed E-state index contributed by atoms with van der Waals surface area (Å²) in [5.41, 5.74) is 2.66. The average Bonchev–Trinajstić information content (AvgIpc) is 2.86. The number of carboxylic acids is 1. The number of halogens is 1. The zero-order valence-electron chi connectivity index (χ0n) is 13.6. The SMILES string of the molecule is CC1C(CC(=O)O)c2cc(CO)ccc2N1C(=O)c1ccc(Cl)cc1. The highest BCUT2D eigenvalue weighted by atomic mass is 35.5. The summed E-state index contributed by atoms with van der Waals surface area (Å²) in [6.45, 7) is 1.71. The van der Waals surface area contributed by atoms with Crippen LogP contribution in [0.1, 0.15) is 40.7 Å². The fourth-order valence-electron chi connectivity index (χ4n) is 3.37. The monoisotopic (exact) mass is 359 g/mol. The molecule has 25 heavy (non-hydrogen) atoms. The van der Waals surface area contributed by atoms with Crippen molar-refractivity contribution in [2.75, 3.05) is 4.90 Å². The predicted molar refractivity (Wildman–Crippen MR) is 95.1 cm³/mol. The van der Waals surface area contributed by atoms with Gasteiger partial charge in [0.2, 0.25) is 0 Å². The molecule has 0 aliphatic carbocycles. The molecule has 2 N–H and O–H groups in total. The Morgan fingerprint density at radius 2 is 1.84 bits per heavy atom. The smallest absolute Gasteiger partial charge is 0.304 e. The molecule has 130 valence electrons. The number of hydrogen-bond donors (Lipinski definition) is 2. The van der Waals surface area contributed by atoms with Crippen molar-refractivity contribution < 1.29 is 19.8 Å². The van der Waals surface area contributed by atoms with E-state index < -0.39 is 5.97 Å². The molecule has 1 heterocycles. The second-order valence-corrected chi connectivity index (χ2v) is 6.61. The maximum Gasteiger partial charge on any atom is 0.304 e. The van der Waals surface area contributed by atoms with Crippen LogP contribution in [-0.2, 0) is 11.4 Å². The lowest BCUT2D eigenvalue weighted by Crippen LogP contribution is -2.37. The number of carbonyl (C=O) groups excluding carboxylic acids is 1. The number of benzene rings is 2. The number of nitrogens with zero attached hydrogens (tertiary/aromatic N) is 1. The molecule has 3 rings (SSSR count). The van der Waals surface area contributed by atoms with Crippen molar-refractivity contribution in [3.63, 3.8) is 0 Å². The Kier molecular flexibility index (Phi) is 4.79. The lowest BCUT2D eigenvalue weighted by molar-refractivity contribution is -0.137. The Labute approximate surface area is 150 Å². The third-order valence-electron chi connectivity index (χ3n) is 4.63. The molecule has 0 fully saturated rings. The molecule has 0 spiro atoms. The van der Waals surface area contributed by atoms with Gasteiger partial charge in [-0.1, -0.05) is 23.7 Å². The van der Waals surface area contributed by atoms with E-state index in [9.17, 15) is 19.8 Å². The van der Waals surface area contributed by atoms with Gasteiger partial charge in [-0.25, -0.2) is 0 Å². The number of rotatable bonds is 4. The first-order valence-corrected chi connectivity index (χ1v) is 8.34. The molecular formula is C19H18ClNO4. The Bertz CT molecular complexity index is 819. The quantitative estimate of drug-likeness (QED) is 0.876. The molecule has 2 aromatic rings. The molecule has 2 aromatic carbocycles. The first kappa shape index (κ1) is 17.5. The van der Waals surface area contributed by atoms with E-state index in [0.29, 0.717) is 21.8 Å². The van der Waals surface area contributed by atoms with E-state index in [4.69, 9.17) is 11.6 Å². The molecule has 0 saturated carbocycles. The van der Waals surface area contributed by atoms with E-state index in [1.54, 1.807) is 47.4 Å². The molecule has 1 amide bonds. The third-order valence-corrected chi connectivity index (χ3v) is 4.88. The number of aliphatic carboxylic acids is 1. The van der Waals surface area contributed by atoms with Crippen LogP contribution in [0.4, 0.5) is 5.69 Å². The first-order chi connectivity index (χ1) is 11.9. The highest BCUT2D eigenvalue weighted by molar-refractivity contribution is 6.30. The van der Waals surface area contributed by atoms with E-state index in [1.807, 2.05) is 6.92 Å². The summed E-state index contributed by atoms with van der Waals surface area (Å²) in [5, 5.41) is 19.2. The van der Waals surface area contributed by atoms with Gasteiger partial charge in [-0.3, -0.25) is 9.59 Å². The summed E-state index contributed by atoms with van der Waals surface area (Å²) in [4.78, 5) is 25.9. The topological polar surface area (TPSA) is 77.8 Å². The van der Waals surface area contributed by atoms with Crippen LogP contribution in [0.2, 0.25) is 5.02 Å². The number of carbonyl (C=O) groups is 2. The van der Waals surface area contributed by atoms with Gasteiger partial charge in [0.15, 0.2) is 0 Å². The van der Waals surface area contributed by atoms with Crippen LogP contribution >= 0.6 is 11.6 Å². The van der Waals surface area contributed by atoms with Gasteiger partial charge in [0, 0.05) is 28.2 Å². The number of hydrogen-bond acceptors (Lipinski definition) is 3. The zero-order chi connectivity index (χ0) is 18.1. The lowest BCUT2D eigenvalue weighted by Gasteiger charge is -2.25. The molecule has 0 saturated heterocycles. The summed E-state index contributed by atoms with van der Waals surface area (Å²) < 4.78 is 0. The second kappa shape index (κ2) is 6.86. The number of fused-ring (bicyclic) bond motifs is 1. The van der Waals surface area contributed by atoms with Gasteiger partial charge in [-0.15, -0.1) is 0 Å². The van der Waals surface area contributed by atoms with E-state index in [2.05, 4.69) is 0 Å². The van der Waals surface area contributed by atoms with E-state index >= 15 is 0 Å². The number of aliphatic hydroxyl groups excluding tert-OH is 1. The summed E-state index contributed by atoms with van der Waals surface area (Å²) in [6, 6.07) is 11.6. The Morgan fingerprint density at radius 3 is 2.44 bits per heavy atom. The third kappa shape index (κ3) is 3.25. The van der Waals surface area contributed by atoms with E-state index in [0.717, 1.165) is 5.56 Å². The van der Waals surface area contributed by atoms with Gasteiger partial charge in [0.05, 0.1) is 13.0 Å². The van der Waals surface area contributed by atoms with Crippen LogP contribution in [-0.4, -0.2) is 28.1 Å². The molecule has 1 aliphatic heterocycles. The van der Waals surface area contributed by atoms with E-state index in [1.165, 1.54) is 0 Å². The van der Waals surface area contributed by atoms with Gasteiger partial charge in [0.25, 0.3) is 5.91 Å². The van der Waals surface area contributed by atoms with Gasteiger partial charge < -0.3 is 15.1 Å². The van der Waals surface area contributed by atoms with Crippen LogP contribution in [0.15, 0.2) is 42.5 Å². The number of amides is 1. The van der Waals surface area contributed by atoms with Crippen molar-refractivity contribution in [2.24, 2.45) is 0 Å². The van der Waals surface area contributed by atoms with Gasteiger partial charge in [-0.2, -0.15) is 0 Å². The van der Waals surface area contributed by atoms with Crippen LogP contribution < -0.4 is 4.90 Å².